The van der Waals surface area contributed by atoms with Gasteiger partial charge < -0.3 is 9.47 Å². The molecular formula is C17H22N4O4S. The summed E-state index contributed by atoms with van der Waals surface area (Å²) in [7, 11) is -3.71. The molecule has 140 valence electrons. The highest BCUT2D eigenvalue weighted by Crippen LogP contribution is 2.33. The summed E-state index contributed by atoms with van der Waals surface area (Å²) in [6.07, 6.45) is 3.05. The van der Waals surface area contributed by atoms with Crippen molar-refractivity contribution in [3.05, 3.63) is 29.8 Å². The Morgan fingerprint density at radius 2 is 2.04 bits per heavy atom. The molecule has 1 aromatic carbocycles. The largest absolute Gasteiger partial charge is 0.490 e. The normalized spacial score (nSPS) is 19.7. The molecule has 2 aromatic rings. The number of ether oxygens (including phenoxy) is 2. The zero-order chi connectivity index (χ0) is 18.1. The number of fused-ring (bicyclic) bond motifs is 2. The van der Waals surface area contributed by atoms with Gasteiger partial charge in [0.05, 0.1) is 24.2 Å². The third-order valence-corrected chi connectivity index (χ3v) is 6.03. The Morgan fingerprint density at radius 3 is 2.85 bits per heavy atom. The van der Waals surface area contributed by atoms with E-state index in [4.69, 9.17) is 9.47 Å². The lowest BCUT2D eigenvalue weighted by atomic mass is 10.1. The van der Waals surface area contributed by atoms with Gasteiger partial charge in [-0.05, 0) is 25.0 Å². The molecule has 2 aliphatic heterocycles. The van der Waals surface area contributed by atoms with E-state index in [1.54, 1.807) is 12.1 Å². The minimum Gasteiger partial charge on any atom is -0.490 e. The van der Waals surface area contributed by atoms with Crippen LogP contribution in [0.15, 0.2) is 23.1 Å². The molecule has 26 heavy (non-hydrogen) atoms. The highest BCUT2D eigenvalue weighted by atomic mass is 32.2. The van der Waals surface area contributed by atoms with E-state index in [1.807, 2.05) is 11.6 Å². The molecule has 8 nitrogen and oxygen atoms in total. The topological polar surface area (TPSA) is 95.3 Å². The molecule has 9 heteroatoms. The molecule has 2 aliphatic rings. The van der Waals surface area contributed by atoms with Gasteiger partial charge in [-0.2, -0.15) is 5.10 Å². The van der Waals surface area contributed by atoms with Crippen LogP contribution in [0.2, 0.25) is 0 Å². The van der Waals surface area contributed by atoms with E-state index in [-0.39, 0.29) is 10.9 Å². The van der Waals surface area contributed by atoms with Gasteiger partial charge in [0.2, 0.25) is 10.0 Å². The summed E-state index contributed by atoms with van der Waals surface area (Å²) in [5.74, 6) is 2.46. The molecule has 0 bridgehead atoms. The van der Waals surface area contributed by atoms with Crippen molar-refractivity contribution in [2.24, 2.45) is 0 Å². The van der Waals surface area contributed by atoms with E-state index >= 15 is 0 Å². The molecule has 1 atom stereocenters. The standard InChI is InChI=1S/C17H22N4O4S/c1-2-16-18-17-13(5-3-8-21(17)19-16)20-26(22,23)12-6-7-14-15(11-12)25-10-4-9-24-14/h6-7,11,13,20H,2-5,8-10H2,1H3. The fourth-order valence-corrected chi connectivity index (χ4v) is 4.47. The molecular weight excluding hydrogens is 356 g/mol. The van der Waals surface area contributed by atoms with Crippen LogP contribution in [-0.4, -0.2) is 36.4 Å². The number of hydrogen-bond donors (Lipinski definition) is 1. The van der Waals surface area contributed by atoms with Gasteiger partial charge in [-0.15, -0.1) is 0 Å². The average molecular weight is 378 g/mol. The van der Waals surface area contributed by atoms with Crippen molar-refractivity contribution >= 4 is 10.0 Å². The highest BCUT2D eigenvalue weighted by Gasteiger charge is 2.29. The zero-order valence-corrected chi connectivity index (χ0v) is 15.5. The molecule has 1 N–H and O–H groups in total. The number of sulfonamides is 1. The average Bonchev–Trinajstić information content (AvgIpc) is 2.92. The van der Waals surface area contributed by atoms with E-state index in [2.05, 4.69) is 14.8 Å². The van der Waals surface area contributed by atoms with Crippen LogP contribution in [0.4, 0.5) is 0 Å². The fraction of sp³-hybridized carbons (Fsp3) is 0.529. The van der Waals surface area contributed by atoms with E-state index in [1.165, 1.54) is 6.07 Å². The Hall–Kier alpha value is -2.13. The molecule has 0 fully saturated rings. The van der Waals surface area contributed by atoms with Crippen molar-refractivity contribution in [1.29, 1.82) is 0 Å². The summed E-state index contributed by atoms with van der Waals surface area (Å²) in [5, 5.41) is 4.42. The second-order valence-corrected chi connectivity index (χ2v) is 8.15. The first-order valence-electron chi connectivity index (χ1n) is 8.92. The lowest BCUT2D eigenvalue weighted by Gasteiger charge is -2.23. The molecule has 0 saturated carbocycles. The first-order chi connectivity index (χ1) is 12.6. The first kappa shape index (κ1) is 17.3. The molecule has 0 amide bonds. The monoisotopic (exact) mass is 378 g/mol. The van der Waals surface area contributed by atoms with Crippen molar-refractivity contribution in [2.45, 2.75) is 50.1 Å². The second kappa shape index (κ2) is 6.88. The molecule has 0 saturated heterocycles. The van der Waals surface area contributed by atoms with Crippen molar-refractivity contribution in [1.82, 2.24) is 19.5 Å². The van der Waals surface area contributed by atoms with E-state index in [9.17, 15) is 8.42 Å². The van der Waals surface area contributed by atoms with E-state index < -0.39 is 10.0 Å². The maximum atomic E-state index is 12.9. The quantitative estimate of drug-likeness (QED) is 0.872. The molecule has 1 unspecified atom stereocenters. The zero-order valence-electron chi connectivity index (χ0n) is 14.6. The van der Waals surface area contributed by atoms with Crippen LogP contribution in [0.25, 0.3) is 0 Å². The number of aromatic nitrogens is 3. The van der Waals surface area contributed by atoms with Gasteiger partial charge in [0.1, 0.15) is 5.82 Å². The van der Waals surface area contributed by atoms with Gasteiger partial charge in [-0.1, -0.05) is 6.92 Å². The van der Waals surface area contributed by atoms with E-state index in [0.717, 1.165) is 31.6 Å². The number of aryl methyl sites for hydroxylation is 2. The summed E-state index contributed by atoms with van der Waals surface area (Å²) in [6, 6.07) is 4.33. The van der Waals surface area contributed by atoms with Crippen LogP contribution in [0.3, 0.4) is 0 Å². The van der Waals surface area contributed by atoms with Crippen LogP contribution in [0.1, 0.15) is 43.9 Å². The van der Waals surface area contributed by atoms with Crippen LogP contribution >= 0.6 is 0 Å². The maximum Gasteiger partial charge on any atom is 0.241 e. The summed E-state index contributed by atoms with van der Waals surface area (Å²) >= 11 is 0. The number of nitrogens with one attached hydrogen (secondary N) is 1. The van der Waals surface area contributed by atoms with Crippen molar-refractivity contribution in [2.75, 3.05) is 13.2 Å². The van der Waals surface area contributed by atoms with Crippen molar-refractivity contribution in [3.63, 3.8) is 0 Å². The Balaban J connectivity index is 1.60. The summed E-state index contributed by atoms with van der Waals surface area (Å²) < 4.78 is 41.5. The Labute approximate surface area is 152 Å². The van der Waals surface area contributed by atoms with E-state index in [0.29, 0.717) is 37.0 Å². The van der Waals surface area contributed by atoms with Gasteiger partial charge >= 0.3 is 0 Å². The predicted molar refractivity (Wildman–Crippen MR) is 93.7 cm³/mol. The molecule has 0 radical (unpaired) electrons. The Kier molecular flexibility index (Phi) is 4.58. The SMILES string of the molecule is CCc1nc2n(n1)CCCC2NS(=O)(=O)c1ccc2c(c1)OCCCO2. The molecule has 4 rings (SSSR count). The fourth-order valence-electron chi connectivity index (χ4n) is 3.23. The van der Waals surface area contributed by atoms with Crippen molar-refractivity contribution in [3.8, 4) is 11.5 Å². The lowest BCUT2D eigenvalue weighted by Crippen LogP contribution is -2.33. The molecule has 3 heterocycles. The second-order valence-electron chi connectivity index (χ2n) is 6.44. The van der Waals surface area contributed by atoms with Gasteiger partial charge in [-0.25, -0.2) is 22.8 Å². The predicted octanol–water partition coefficient (Wildman–Crippen LogP) is 1.82. The van der Waals surface area contributed by atoms with Gasteiger partial charge in [0.15, 0.2) is 17.3 Å². The summed E-state index contributed by atoms with van der Waals surface area (Å²) in [5.41, 5.74) is 0. The van der Waals surface area contributed by atoms with Crippen LogP contribution in [-0.2, 0) is 23.0 Å². The minimum atomic E-state index is -3.71. The molecule has 1 aromatic heterocycles. The van der Waals surface area contributed by atoms with Crippen molar-refractivity contribution < 1.29 is 17.9 Å². The maximum absolute atomic E-state index is 12.9. The number of rotatable bonds is 4. The number of nitrogens with zero attached hydrogens (tertiary/aromatic N) is 3. The lowest BCUT2D eigenvalue weighted by molar-refractivity contribution is 0.297. The summed E-state index contributed by atoms with van der Waals surface area (Å²) in [4.78, 5) is 4.65. The third kappa shape index (κ3) is 3.28. The first-order valence-corrected chi connectivity index (χ1v) is 10.4. The van der Waals surface area contributed by atoms with Gasteiger partial charge in [0, 0.05) is 25.5 Å². The van der Waals surface area contributed by atoms with Gasteiger partial charge in [0.25, 0.3) is 0 Å². The van der Waals surface area contributed by atoms with Crippen LogP contribution < -0.4 is 14.2 Å². The molecule has 0 aliphatic carbocycles. The van der Waals surface area contributed by atoms with Crippen LogP contribution in [0, 0.1) is 0 Å². The Bertz CT molecular complexity index is 909. The smallest absolute Gasteiger partial charge is 0.241 e. The number of benzene rings is 1. The Morgan fingerprint density at radius 1 is 1.23 bits per heavy atom. The van der Waals surface area contributed by atoms with Crippen LogP contribution in [0.5, 0.6) is 11.5 Å². The minimum absolute atomic E-state index is 0.161. The molecule has 0 spiro atoms. The summed E-state index contributed by atoms with van der Waals surface area (Å²) in [6.45, 7) is 3.83. The third-order valence-electron chi connectivity index (χ3n) is 4.56. The highest BCUT2D eigenvalue weighted by molar-refractivity contribution is 7.89. The number of hydrogen-bond acceptors (Lipinski definition) is 6. The van der Waals surface area contributed by atoms with Gasteiger partial charge in [-0.3, -0.25) is 0 Å².